The number of hydrogen-bond acceptors (Lipinski definition) is 5. The van der Waals surface area contributed by atoms with Crippen LogP contribution in [0.3, 0.4) is 0 Å². The first kappa shape index (κ1) is 22.2. The first-order chi connectivity index (χ1) is 16.4. The van der Waals surface area contributed by atoms with E-state index in [2.05, 4.69) is 40.6 Å². The van der Waals surface area contributed by atoms with E-state index in [1.54, 1.807) is 10.7 Å². The fourth-order valence-electron chi connectivity index (χ4n) is 4.73. The Morgan fingerprint density at radius 1 is 1.21 bits per heavy atom. The van der Waals surface area contributed by atoms with Gasteiger partial charge >= 0.3 is 0 Å². The van der Waals surface area contributed by atoms with Gasteiger partial charge in [-0.3, -0.25) is 4.68 Å². The minimum Gasteiger partial charge on any atom is -0.325 e. The lowest BCUT2D eigenvalue weighted by atomic mass is 9.81. The molecule has 0 spiro atoms. The van der Waals surface area contributed by atoms with E-state index in [0.717, 1.165) is 57.8 Å². The van der Waals surface area contributed by atoms with E-state index in [9.17, 15) is 5.26 Å². The highest BCUT2D eigenvalue weighted by atomic mass is 32.2. The molecule has 1 aliphatic rings. The average Bonchev–Trinajstić information content (AvgIpc) is 3.43. The van der Waals surface area contributed by atoms with Crippen LogP contribution in [0.25, 0.3) is 21.5 Å². The maximum atomic E-state index is 9.65. The Hall–Kier alpha value is -3.59. The summed E-state index contributed by atoms with van der Waals surface area (Å²) in [6, 6.07) is 12.2. The van der Waals surface area contributed by atoms with Gasteiger partial charge in [-0.2, -0.15) is 15.5 Å². The minimum atomic E-state index is -0.0856. The van der Waals surface area contributed by atoms with Crippen LogP contribution in [0.15, 0.2) is 58.7 Å². The molecule has 1 aliphatic carbocycles. The maximum Gasteiger partial charge on any atom is 0.200 e. The highest BCUT2D eigenvalue weighted by Crippen LogP contribution is 2.41. The van der Waals surface area contributed by atoms with Crippen LogP contribution in [0.5, 0.6) is 0 Å². The normalized spacial score (nSPS) is 20.2. The van der Waals surface area contributed by atoms with E-state index >= 15 is 0 Å². The molecule has 0 unspecified atom stereocenters. The predicted octanol–water partition coefficient (Wildman–Crippen LogP) is 5.91. The smallest absolute Gasteiger partial charge is 0.200 e. The molecule has 170 valence electrons. The molecule has 0 bridgehead atoms. The van der Waals surface area contributed by atoms with Gasteiger partial charge in [0.15, 0.2) is 0 Å². The number of benzene rings is 1. The van der Waals surface area contributed by atoms with Crippen LogP contribution in [-0.4, -0.2) is 24.9 Å². The lowest BCUT2D eigenvalue weighted by Gasteiger charge is -2.34. The summed E-state index contributed by atoms with van der Waals surface area (Å²) in [4.78, 5) is 5.39. The molecule has 1 fully saturated rings. The molecular formula is C26H25N7S. The van der Waals surface area contributed by atoms with E-state index in [4.69, 9.17) is 17.4 Å². The first-order valence-electron chi connectivity index (χ1n) is 11.3. The number of hydrogen-bond donors (Lipinski definition) is 1. The summed E-state index contributed by atoms with van der Waals surface area (Å²) in [7, 11) is 0. The molecule has 3 heterocycles. The van der Waals surface area contributed by atoms with Crippen LogP contribution < -0.4 is 5.73 Å². The van der Waals surface area contributed by atoms with Crippen molar-refractivity contribution in [3.8, 4) is 17.2 Å². The second-order valence-electron chi connectivity index (χ2n) is 9.21. The number of pyridine rings is 1. The number of para-hydroxylation sites is 1. The summed E-state index contributed by atoms with van der Waals surface area (Å²) < 4.78 is 3.90. The Balaban J connectivity index is 1.58. The molecule has 34 heavy (non-hydrogen) atoms. The van der Waals surface area contributed by atoms with Crippen LogP contribution in [0, 0.1) is 24.8 Å². The lowest BCUT2D eigenvalue weighted by molar-refractivity contribution is 0.238. The molecule has 5 rings (SSSR count). The van der Waals surface area contributed by atoms with Crippen LogP contribution >= 0.6 is 11.8 Å². The van der Waals surface area contributed by atoms with Crippen molar-refractivity contribution >= 4 is 23.0 Å². The Morgan fingerprint density at radius 3 is 2.71 bits per heavy atom. The van der Waals surface area contributed by atoms with Crippen molar-refractivity contribution < 1.29 is 0 Å². The predicted molar refractivity (Wildman–Crippen MR) is 133 cm³/mol. The number of nitrogens with zero attached hydrogens (tertiary/aromatic N) is 6. The Morgan fingerprint density at radius 2 is 1.97 bits per heavy atom. The molecule has 7 nitrogen and oxygen atoms in total. The van der Waals surface area contributed by atoms with Gasteiger partial charge in [-0.05, 0) is 45.6 Å². The molecule has 0 radical (unpaired) electrons. The number of fused-ring (bicyclic) bond motifs is 1. The number of rotatable bonds is 4. The van der Waals surface area contributed by atoms with E-state index in [0.29, 0.717) is 17.3 Å². The first-order valence-corrected chi connectivity index (χ1v) is 12.1. The van der Waals surface area contributed by atoms with Crippen LogP contribution in [0.1, 0.15) is 49.9 Å². The molecule has 3 aromatic heterocycles. The molecule has 1 saturated carbocycles. The van der Waals surface area contributed by atoms with Crippen molar-refractivity contribution in [2.45, 2.75) is 60.9 Å². The van der Waals surface area contributed by atoms with Gasteiger partial charge in [0.2, 0.25) is 5.69 Å². The third kappa shape index (κ3) is 3.96. The molecule has 0 saturated heterocycles. The van der Waals surface area contributed by atoms with E-state index in [1.165, 1.54) is 11.8 Å². The van der Waals surface area contributed by atoms with Crippen LogP contribution in [0.4, 0.5) is 5.69 Å². The van der Waals surface area contributed by atoms with Gasteiger partial charge in [-0.1, -0.05) is 36.0 Å². The Kier molecular flexibility index (Phi) is 5.65. The minimum absolute atomic E-state index is 0.0856. The summed E-state index contributed by atoms with van der Waals surface area (Å²) >= 11 is 1.48. The molecule has 0 amide bonds. The fraction of sp³-hybridized carbons (Fsp3) is 0.308. The Bertz CT molecular complexity index is 1450. The van der Waals surface area contributed by atoms with Gasteiger partial charge in [-0.15, -0.1) is 0 Å². The van der Waals surface area contributed by atoms with E-state index in [1.807, 2.05) is 36.7 Å². The van der Waals surface area contributed by atoms with Crippen molar-refractivity contribution in [2.24, 2.45) is 5.73 Å². The molecule has 1 aromatic carbocycles. The summed E-state index contributed by atoms with van der Waals surface area (Å²) in [5.74, 6) is 0. The van der Waals surface area contributed by atoms with Crippen LogP contribution in [0.2, 0.25) is 0 Å². The standard InChI is InChI=1S/C26H25N7S/c1-17-21(15-31-33(17)20-8-10-26(2,28)11-9-20)18-12-24(25-19(13-27)14-30-32(25)16-18)34-23-7-5-4-6-22(23)29-3/h4-7,12,14-16,20H,8-11,28H2,1-2H3. The third-order valence-corrected chi connectivity index (χ3v) is 7.80. The van der Waals surface area contributed by atoms with Crippen molar-refractivity contribution in [3.63, 3.8) is 0 Å². The number of aromatic nitrogens is 4. The van der Waals surface area contributed by atoms with Crippen LogP contribution in [-0.2, 0) is 0 Å². The zero-order valence-corrected chi connectivity index (χ0v) is 20.0. The van der Waals surface area contributed by atoms with E-state index < -0.39 is 0 Å². The topological polar surface area (TPSA) is 89.3 Å². The second kappa shape index (κ2) is 8.64. The van der Waals surface area contributed by atoms with Crippen molar-refractivity contribution in [1.82, 2.24) is 19.4 Å². The largest absolute Gasteiger partial charge is 0.325 e. The molecular weight excluding hydrogens is 442 g/mol. The fourth-order valence-corrected chi connectivity index (χ4v) is 5.81. The van der Waals surface area contributed by atoms with Gasteiger partial charge in [0.25, 0.3) is 0 Å². The van der Waals surface area contributed by atoms with Gasteiger partial charge in [-0.25, -0.2) is 9.36 Å². The summed E-state index contributed by atoms with van der Waals surface area (Å²) in [5, 5.41) is 18.8. The highest BCUT2D eigenvalue weighted by molar-refractivity contribution is 7.99. The molecule has 2 N–H and O–H groups in total. The zero-order valence-electron chi connectivity index (χ0n) is 19.2. The van der Waals surface area contributed by atoms with E-state index in [-0.39, 0.29) is 5.54 Å². The van der Waals surface area contributed by atoms with Crippen molar-refractivity contribution in [1.29, 1.82) is 5.26 Å². The quantitative estimate of drug-likeness (QED) is 0.377. The van der Waals surface area contributed by atoms with Crippen molar-refractivity contribution in [2.75, 3.05) is 0 Å². The van der Waals surface area contributed by atoms with Gasteiger partial charge in [0.1, 0.15) is 6.07 Å². The van der Waals surface area contributed by atoms with Gasteiger partial charge < -0.3 is 5.73 Å². The summed E-state index contributed by atoms with van der Waals surface area (Å²) in [6.45, 7) is 11.7. The highest BCUT2D eigenvalue weighted by Gasteiger charge is 2.29. The maximum absolute atomic E-state index is 9.65. The number of nitrogens with two attached hydrogens (primary N) is 1. The zero-order chi connectivity index (χ0) is 23.9. The van der Waals surface area contributed by atoms with Gasteiger partial charge in [0.05, 0.1) is 36.1 Å². The molecule has 0 aliphatic heterocycles. The lowest BCUT2D eigenvalue weighted by Crippen LogP contribution is -2.40. The third-order valence-electron chi connectivity index (χ3n) is 6.70. The second-order valence-corrected chi connectivity index (χ2v) is 10.3. The summed E-state index contributed by atoms with van der Waals surface area (Å²) in [6.07, 6.45) is 9.48. The molecule has 4 aromatic rings. The SMILES string of the molecule is [C-]#[N+]c1ccccc1Sc1cc(-c2cnn(C3CCC(C)(N)CC3)c2C)cn2ncc(C#N)c12. The number of nitriles is 1. The van der Waals surface area contributed by atoms with Gasteiger partial charge in [0, 0.05) is 38.3 Å². The monoisotopic (exact) mass is 467 g/mol. The average molecular weight is 468 g/mol. The summed E-state index contributed by atoms with van der Waals surface area (Å²) in [5.41, 5.74) is 11.2. The molecule has 0 atom stereocenters. The van der Waals surface area contributed by atoms with Crippen molar-refractivity contribution in [3.05, 3.63) is 71.6 Å². The Labute approximate surface area is 203 Å². The molecule has 8 heteroatoms.